The van der Waals surface area contributed by atoms with Gasteiger partial charge in [0, 0.05) is 19.8 Å². The maximum Gasteiger partial charge on any atom is 0.339 e. The molecular formula is C13H18N2O2. The molecule has 0 saturated carbocycles. The lowest BCUT2D eigenvalue weighted by Gasteiger charge is -2.20. The summed E-state index contributed by atoms with van der Waals surface area (Å²) in [6, 6.07) is 1.71. The highest BCUT2D eigenvalue weighted by Gasteiger charge is 2.16. The number of nitrogens with zero attached hydrogens (tertiary/aromatic N) is 2. The van der Waals surface area contributed by atoms with Crippen molar-refractivity contribution in [2.45, 2.75) is 19.8 Å². The molecule has 1 N–H and O–H groups in total. The number of aromatic carboxylic acids is 1. The summed E-state index contributed by atoms with van der Waals surface area (Å²) in [6.45, 7) is 6.21. The van der Waals surface area contributed by atoms with E-state index < -0.39 is 5.97 Å². The van der Waals surface area contributed by atoms with Gasteiger partial charge in [0.25, 0.3) is 0 Å². The summed E-state index contributed by atoms with van der Waals surface area (Å²) in [6.07, 6.45) is 5.35. The first kappa shape index (κ1) is 13.2. The zero-order valence-corrected chi connectivity index (χ0v) is 10.3. The van der Waals surface area contributed by atoms with Crippen LogP contribution in [0.4, 0.5) is 5.82 Å². The summed E-state index contributed by atoms with van der Waals surface area (Å²) in [5.41, 5.74) is 1.02. The topological polar surface area (TPSA) is 53.4 Å². The Morgan fingerprint density at radius 2 is 2.35 bits per heavy atom. The van der Waals surface area contributed by atoms with Crippen molar-refractivity contribution >= 4 is 11.8 Å². The minimum atomic E-state index is -0.929. The molecule has 0 atom stereocenters. The number of carboxylic acids is 1. The summed E-state index contributed by atoms with van der Waals surface area (Å²) in [5, 5.41) is 9.18. The van der Waals surface area contributed by atoms with Gasteiger partial charge in [0.1, 0.15) is 11.4 Å². The normalized spacial score (nSPS) is 10.0. The first-order chi connectivity index (χ1) is 8.07. The molecule has 0 aliphatic rings. The summed E-state index contributed by atoms with van der Waals surface area (Å²) in [5.74, 6) is -0.400. The van der Waals surface area contributed by atoms with E-state index in [4.69, 9.17) is 0 Å². The van der Waals surface area contributed by atoms with Gasteiger partial charge in [-0.3, -0.25) is 0 Å². The molecule has 0 amide bonds. The molecule has 0 aliphatic heterocycles. The molecule has 0 aromatic carbocycles. The molecule has 4 heteroatoms. The predicted octanol–water partition coefficient (Wildman–Crippen LogP) is 2.49. The molecule has 1 aromatic heterocycles. The van der Waals surface area contributed by atoms with Crippen molar-refractivity contribution in [1.82, 2.24) is 4.98 Å². The van der Waals surface area contributed by atoms with Gasteiger partial charge in [-0.2, -0.15) is 0 Å². The lowest BCUT2D eigenvalue weighted by Crippen LogP contribution is -2.23. The van der Waals surface area contributed by atoms with Crippen LogP contribution < -0.4 is 4.90 Å². The highest BCUT2D eigenvalue weighted by atomic mass is 16.4. The third kappa shape index (κ3) is 3.31. The van der Waals surface area contributed by atoms with Gasteiger partial charge in [-0.25, -0.2) is 9.78 Å². The zero-order valence-electron chi connectivity index (χ0n) is 10.3. The van der Waals surface area contributed by atoms with E-state index in [1.807, 2.05) is 18.0 Å². The van der Waals surface area contributed by atoms with Crippen LogP contribution >= 0.6 is 0 Å². The smallest absolute Gasteiger partial charge is 0.339 e. The standard InChI is InChI=1S/C13H18N2O2/c1-4-5-6-9-15(3)12-11(13(16)17)10(2)7-8-14-12/h4,7-8H,1,5-6,9H2,2-3H3,(H,16,17). The second-order valence-corrected chi connectivity index (χ2v) is 3.98. The maximum absolute atomic E-state index is 11.2. The SMILES string of the molecule is C=CCCCN(C)c1nccc(C)c1C(=O)O. The molecule has 1 aromatic rings. The van der Waals surface area contributed by atoms with Crippen molar-refractivity contribution in [3.8, 4) is 0 Å². The van der Waals surface area contributed by atoms with Gasteiger partial charge in [-0.1, -0.05) is 6.08 Å². The zero-order chi connectivity index (χ0) is 12.8. The highest BCUT2D eigenvalue weighted by molar-refractivity contribution is 5.94. The molecule has 0 aliphatic carbocycles. The van der Waals surface area contributed by atoms with E-state index in [2.05, 4.69) is 11.6 Å². The fraction of sp³-hybridized carbons (Fsp3) is 0.385. The van der Waals surface area contributed by atoms with E-state index in [0.717, 1.165) is 24.9 Å². The molecule has 0 bridgehead atoms. The maximum atomic E-state index is 11.2. The van der Waals surface area contributed by atoms with Gasteiger partial charge in [-0.05, 0) is 31.4 Å². The van der Waals surface area contributed by atoms with Crippen molar-refractivity contribution in [3.63, 3.8) is 0 Å². The van der Waals surface area contributed by atoms with Crippen molar-refractivity contribution in [2.75, 3.05) is 18.5 Å². The Hall–Kier alpha value is -1.84. The predicted molar refractivity (Wildman–Crippen MR) is 68.6 cm³/mol. The molecule has 0 unspecified atom stereocenters. The largest absolute Gasteiger partial charge is 0.478 e. The Labute approximate surface area is 102 Å². The molecule has 1 rings (SSSR count). The Morgan fingerprint density at radius 1 is 1.65 bits per heavy atom. The number of aryl methyl sites for hydroxylation is 1. The quantitative estimate of drug-likeness (QED) is 0.607. The molecule has 0 radical (unpaired) electrons. The number of hydrogen-bond acceptors (Lipinski definition) is 3. The van der Waals surface area contributed by atoms with Crippen LogP contribution in [0.2, 0.25) is 0 Å². The van der Waals surface area contributed by atoms with Crippen molar-refractivity contribution in [1.29, 1.82) is 0 Å². The van der Waals surface area contributed by atoms with Crippen molar-refractivity contribution in [3.05, 3.63) is 36.0 Å². The Balaban J connectivity index is 2.92. The summed E-state index contributed by atoms with van der Waals surface area (Å²) in [4.78, 5) is 17.2. The first-order valence-electron chi connectivity index (χ1n) is 5.59. The highest BCUT2D eigenvalue weighted by Crippen LogP contribution is 2.20. The summed E-state index contributed by atoms with van der Waals surface area (Å²) < 4.78 is 0. The fourth-order valence-electron chi connectivity index (χ4n) is 1.68. The fourth-order valence-corrected chi connectivity index (χ4v) is 1.68. The molecular weight excluding hydrogens is 216 g/mol. The van der Waals surface area contributed by atoms with Gasteiger partial charge < -0.3 is 10.0 Å². The van der Waals surface area contributed by atoms with Gasteiger partial charge in [-0.15, -0.1) is 6.58 Å². The molecule has 4 nitrogen and oxygen atoms in total. The number of aromatic nitrogens is 1. The number of unbranched alkanes of at least 4 members (excludes halogenated alkanes) is 1. The van der Waals surface area contributed by atoms with Crippen molar-refractivity contribution < 1.29 is 9.90 Å². The van der Waals surface area contributed by atoms with Gasteiger partial charge in [0.15, 0.2) is 0 Å². The van der Waals surface area contributed by atoms with E-state index in [1.54, 1.807) is 19.2 Å². The number of allylic oxidation sites excluding steroid dienone is 1. The van der Waals surface area contributed by atoms with E-state index in [-0.39, 0.29) is 5.56 Å². The molecule has 0 saturated heterocycles. The van der Waals surface area contributed by atoms with Crippen LogP contribution in [0, 0.1) is 6.92 Å². The number of anilines is 1. The van der Waals surface area contributed by atoms with Crippen LogP contribution in [-0.4, -0.2) is 29.7 Å². The van der Waals surface area contributed by atoms with Crippen molar-refractivity contribution in [2.24, 2.45) is 0 Å². The Bertz CT molecular complexity index is 416. The van der Waals surface area contributed by atoms with E-state index in [9.17, 15) is 9.90 Å². The summed E-state index contributed by atoms with van der Waals surface area (Å²) in [7, 11) is 1.86. The third-order valence-corrected chi connectivity index (χ3v) is 2.62. The minimum Gasteiger partial charge on any atom is -0.478 e. The molecule has 92 valence electrons. The van der Waals surface area contributed by atoms with Crippen LogP contribution in [0.5, 0.6) is 0 Å². The van der Waals surface area contributed by atoms with Crippen LogP contribution in [0.25, 0.3) is 0 Å². The minimum absolute atomic E-state index is 0.286. The van der Waals surface area contributed by atoms with E-state index in [0.29, 0.717) is 5.82 Å². The number of rotatable bonds is 6. The van der Waals surface area contributed by atoms with Gasteiger partial charge >= 0.3 is 5.97 Å². The van der Waals surface area contributed by atoms with Gasteiger partial charge in [0.05, 0.1) is 0 Å². The number of hydrogen-bond donors (Lipinski definition) is 1. The van der Waals surface area contributed by atoms with E-state index in [1.165, 1.54) is 0 Å². The number of carboxylic acid groups (broad SMARTS) is 1. The second-order valence-electron chi connectivity index (χ2n) is 3.98. The lowest BCUT2D eigenvalue weighted by molar-refractivity contribution is 0.0696. The van der Waals surface area contributed by atoms with Crippen LogP contribution in [-0.2, 0) is 0 Å². The molecule has 1 heterocycles. The number of pyridine rings is 1. The lowest BCUT2D eigenvalue weighted by atomic mass is 10.1. The average molecular weight is 234 g/mol. The second kappa shape index (κ2) is 6.03. The first-order valence-corrected chi connectivity index (χ1v) is 5.59. The third-order valence-electron chi connectivity index (χ3n) is 2.62. The molecule has 0 fully saturated rings. The molecule has 0 spiro atoms. The Kier molecular flexibility index (Phi) is 4.69. The van der Waals surface area contributed by atoms with Gasteiger partial charge in [0.2, 0.25) is 0 Å². The monoisotopic (exact) mass is 234 g/mol. The summed E-state index contributed by atoms with van der Waals surface area (Å²) >= 11 is 0. The average Bonchev–Trinajstić information content (AvgIpc) is 2.28. The van der Waals surface area contributed by atoms with E-state index >= 15 is 0 Å². The van der Waals surface area contributed by atoms with Crippen LogP contribution in [0.15, 0.2) is 24.9 Å². The Morgan fingerprint density at radius 3 is 2.94 bits per heavy atom. The van der Waals surface area contributed by atoms with Crippen LogP contribution in [0.3, 0.4) is 0 Å². The number of carbonyl (C=O) groups is 1. The van der Waals surface area contributed by atoms with Crippen LogP contribution in [0.1, 0.15) is 28.8 Å². The molecule has 17 heavy (non-hydrogen) atoms.